The van der Waals surface area contributed by atoms with Crippen LogP contribution < -0.4 is 0 Å². The molecule has 0 fully saturated rings. The first-order valence-corrected chi connectivity index (χ1v) is 4.41. The summed E-state index contributed by atoms with van der Waals surface area (Å²) in [5.74, 6) is -1.83. The highest BCUT2D eigenvalue weighted by atomic mass is 16.4. The zero-order valence-corrected chi connectivity index (χ0v) is 7.99. The summed E-state index contributed by atoms with van der Waals surface area (Å²) in [5.41, 5.74) is 0. The third-order valence-corrected chi connectivity index (χ3v) is 2.26. The van der Waals surface area contributed by atoms with Crippen molar-refractivity contribution in [3.63, 3.8) is 0 Å². The number of hydrogen-bond donors (Lipinski definition) is 2. The molecule has 0 rings (SSSR count). The Hall–Kier alpha value is -1.06. The van der Waals surface area contributed by atoms with E-state index in [-0.39, 0.29) is 24.7 Å². The highest BCUT2D eigenvalue weighted by Crippen LogP contribution is 2.22. The largest absolute Gasteiger partial charge is 0.481 e. The van der Waals surface area contributed by atoms with E-state index in [0.717, 1.165) is 0 Å². The molecule has 2 N–H and O–H groups in total. The molecule has 0 amide bonds. The number of aliphatic carboxylic acids is 2. The summed E-state index contributed by atoms with van der Waals surface area (Å²) in [5, 5.41) is 17.1. The van der Waals surface area contributed by atoms with Gasteiger partial charge in [0.1, 0.15) is 0 Å². The van der Waals surface area contributed by atoms with E-state index < -0.39 is 11.9 Å². The lowest BCUT2D eigenvalue weighted by Gasteiger charge is -2.18. The Labute approximate surface area is 77.6 Å². The summed E-state index contributed by atoms with van der Waals surface area (Å²) in [6.45, 7) is 3.66. The molecule has 0 bridgehead atoms. The minimum atomic E-state index is -0.865. The molecule has 13 heavy (non-hydrogen) atoms. The van der Waals surface area contributed by atoms with Crippen LogP contribution >= 0.6 is 0 Å². The zero-order chi connectivity index (χ0) is 10.4. The van der Waals surface area contributed by atoms with Crippen LogP contribution in [0.1, 0.15) is 33.1 Å². The Bertz CT molecular complexity index is 188. The van der Waals surface area contributed by atoms with Gasteiger partial charge in [0.2, 0.25) is 0 Å². The van der Waals surface area contributed by atoms with Crippen molar-refractivity contribution in [3.8, 4) is 0 Å². The van der Waals surface area contributed by atoms with Gasteiger partial charge in [0.25, 0.3) is 0 Å². The molecule has 0 aromatic rings. The second-order valence-electron chi connectivity index (χ2n) is 3.34. The van der Waals surface area contributed by atoms with Crippen molar-refractivity contribution in [2.45, 2.75) is 33.1 Å². The molecular weight excluding hydrogens is 172 g/mol. The topological polar surface area (TPSA) is 74.6 Å². The quantitative estimate of drug-likeness (QED) is 0.663. The molecule has 0 saturated heterocycles. The molecule has 0 aromatic heterocycles. The predicted molar refractivity (Wildman–Crippen MR) is 47.5 cm³/mol. The van der Waals surface area contributed by atoms with E-state index in [2.05, 4.69) is 0 Å². The molecule has 0 unspecified atom stereocenters. The number of carbonyl (C=O) groups is 2. The van der Waals surface area contributed by atoms with E-state index in [1.807, 2.05) is 6.92 Å². The zero-order valence-electron chi connectivity index (χ0n) is 7.99. The van der Waals surface area contributed by atoms with Crippen molar-refractivity contribution in [1.29, 1.82) is 0 Å². The van der Waals surface area contributed by atoms with Crippen LogP contribution in [-0.2, 0) is 9.59 Å². The molecule has 0 saturated carbocycles. The Balaban J connectivity index is 4.06. The molecule has 0 radical (unpaired) electrons. The Morgan fingerprint density at radius 2 is 1.62 bits per heavy atom. The highest BCUT2D eigenvalue weighted by molar-refractivity contribution is 5.68. The summed E-state index contributed by atoms with van der Waals surface area (Å²) in [7, 11) is 0. The standard InChI is InChI=1S/C9H16O4/c1-3-7(5-9(12)13)6(2)4-8(10)11/h6-7H,3-5H2,1-2H3,(H,10,11)(H,12,13)/t6-,7-/m0/s1. The highest BCUT2D eigenvalue weighted by Gasteiger charge is 2.20. The monoisotopic (exact) mass is 188 g/mol. The lowest BCUT2D eigenvalue weighted by molar-refractivity contribution is -0.141. The second-order valence-corrected chi connectivity index (χ2v) is 3.34. The molecule has 0 aliphatic heterocycles. The van der Waals surface area contributed by atoms with Crippen LogP contribution in [0.4, 0.5) is 0 Å². The first-order chi connectivity index (χ1) is 5.97. The Kier molecular flexibility index (Phi) is 5.11. The minimum absolute atomic E-state index is 0.0337. The smallest absolute Gasteiger partial charge is 0.303 e. The molecule has 4 nitrogen and oxygen atoms in total. The van der Waals surface area contributed by atoms with Crippen LogP contribution in [0.15, 0.2) is 0 Å². The van der Waals surface area contributed by atoms with Crippen molar-refractivity contribution >= 4 is 11.9 Å². The van der Waals surface area contributed by atoms with Gasteiger partial charge in [-0.1, -0.05) is 20.3 Å². The average Bonchev–Trinajstić information content (AvgIpc) is 1.98. The van der Waals surface area contributed by atoms with Gasteiger partial charge in [0.05, 0.1) is 0 Å². The molecule has 0 heterocycles. The van der Waals surface area contributed by atoms with E-state index in [4.69, 9.17) is 10.2 Å². The SMILES string of the molecule is CC[C@@H](CC(=O)O)[C@@H](C)CC(=O)O. The van der Waals surface area contributed by atoms with Gasteiger partial charge in [0.15, 0.2) is 0 Å². The third-order valence-electron chi connectivity index (χ3n) is 2.26. The van der Waals surface area contributed by atoms with Crippen molar-refractivity contribution in [2.75, 3.05) is 0 Å². The fourth-order valence-corrected chi connectivity index (χ4v) is 1.41. The number of carboxylic acids is 2. The van der Waals surface area contributed by atoms with Crippen molar-refractivity contribution in [1.82, 2.24) is 0 Å². The summed E-state index contributed by atoms with van der Waals surface area (Å²) < 4.78 is 0. The van der Waals surface area contributed by atoms with Crippen LogP contribution in [0, 0.1) is 11.8 Å². The lowest BCUT2D eigenvalue weighted by atomic mass is 9.86. The molecule has 76 valence electrons. The molecule has 0 aliphatic carbocycles. The van der Waals surface area contributed by atoms with E-state index in [1.54, 1.807) is 6.92 Å². The molecule has 4 heteroatoms. The van der Waals surface area contributed by atoms with Crippen LogP contribution in [0.2, 0.25) is 0 Å². The maximum atomic E-state index is 10.4. The van der Waals surface area contributed by atoms with Gasteiger partial charge < -0.3 is 10.2 Å². The van der Waals surface area contributed by atoms with Gasteiger partial charge in [-0.05, 0) is 11.8 Å². The van der Waals surface area contributed by atoms with E-state index in [1.165, 1.54) is 0 Å². The number of carboxylic acid groups (broad SMARTS) is 2. The van der Waals surface area contributed by atoms with E-state index in [0.29, 0.717) is 6.42 Å². The molecule has 0 aliphatic rings. The maximum absolute atomic E-state index is 10.4. The van der Waals surface area contributed by atoms with Crippen LogP contribution in [0.25, 0.3) is 0 Å². The van der Waals surface area contributed by atoms with Crippen molar-refractivity contribution in [2.24, 2.45) is 11.8 Å². The van der Waals surface area contributed by atoms with Gasteiger partial charge >= 0.3 is 11.9 Å². The molecule has 2 atom stereocenters. The Morgan fingerprint density at radius 3 is 1.92 bits per heavy atom. The van der Waals surface area contributed by atoms with E-state index >= 15 is 0 Å². The average molecular weight is 188 g/mol. The number of hydrogen-bond acceptors (Lipinski definition) is 2. The van der Waals surface area contributed by atoms with Crippen LogP contribution in [-0.4, -0.2) is 22.2 Å². The first kappa shape index (κ1) is 11.9. The fourth-order valence-electron chi connectivity index (χ4n) is 1.41. The predicted octanol–water partition coefficient (Wildman–Crippen LogP) is 1.60. The summed E-state index contributed by atoms with van der Waals surface area (Å²) in [6, 6.07) is 0. The summed E-state index contributed by atoms with van der Waals surface area (Å²) in [6.07, 6.45) is 0.817. The molecule has 0 aromatic carbocycles. The van der Waals surface area contributed by atoms with Gasteiger partial charge in [-0.25, -0.2) is 0 Å². The normalized spacial score (nSPS) is 14.9. The molecular formula is C9H16O4. The molecule has 0 spiro atoms. The lowest BCUT2D eigenvalue weighted by Crippen LogP contribution is -2.18. The van der Waals surface area contributed by atoms with Gasteiger partial charge in [0, 0.05) is 12.8 Å². The number of rotatable bonds is 6. The van der Waals surface area contributed by atoms with Gasteiger partial charge in [-0.3, -0.25) is 9.59 Å². The maximum Gasteiger partial charge on any atom is 0.303 e. The fraction of sp³-hybridized carbons (Fsp3) is 0.778. The van der Waals surface area contributed by atoms with Crippen molar-refractivity contribution < 1.29 is 19.8 Å². The Morgan fingerprint density at radius 1 is 1.15 bits per heavy atom. The van der Waals surface area contributed by atoms with Crippen molar-refractivity contribution in [3.05, 3.63) is 0 Å². The second kappa shape index (κ2) is 5.56. The summed E-state index contributed by atoms with van der Waals surface area (Å²) >= 11 is 0. The van der Waals surface area contributed by atoms with E-state index in [9.17, 15) is 9.59 Å². The van der Waals surface area contributed by atoms with Gasteiger partial charge in [-0.15, -0.1) is 0 Å². The minimum Gasteiger partial charge on any atom is -0.481 e. The summed E-state index contributed by atoms with van der Waals surface area (Å²) in [4.78, 5) is 20.8. The third kappa shape index (κ3) is 5.22. The van der Waals surface area contributed by atoms with Crippen LogP contribution in [0.3, 0.4) is 0 Å². The first-order valence-electron chi connectivity index (χ1n) is 4.41. The van der Waals surface area contributed by atoms with Gasteiger partial charge in [-0.2, -0.15) is 0 Å². The van der Waals surface area contributed by atoms with Crippen LogP contribution in [0.5, 0.6) is 0 Å².